The van der Waals surface area contributed by atoms with E-state index in [0.29, 0.717) is 18.4 Å². The highest BCUT2D eigenvalue weighted by Gasteiger charge is 2.26. The number of carbonyl (C=O) groups is 1. The molecule has 3 rings (SSSR count). The van der Waals surface area contributed by atoms with Crippen LogP contribution in [0.25, 0.3) is 6.08 Å². The van der Waals surface area contributed by atoms with Crippen LogP contribution in [-0.2, 0) is 32.4 Å². The third-order valence-corrected chi connectivity index (χ3v) is 5.67. The summed E-state index contributed by atoms with van der Waals surface area (Å²) in [6.07, 6.45) is 4.16. The Morgan fingerprint density at radius 1 is 1.12 bits per heavy atom. The molecule has 0 aromatic heterocycles. The van der Waals surface area contributed by atoms with Gasteiger partial charge in [0.2, 0.25) is 10.0 Å². The Hall–Kier alpha value is -2.44. The monoisotopic (exact) mass is 357 g/mol. The van der Waals surface area contributed by atoms with Gasteiger partial charge in [-0.25, -0.2) is 17.9 Å². The summed E-state index contributed by atoms with van der Waals surface area (Å²) < 4.78 is 32.6. The fourth-order valence-electron chi connectivity index (χ4n) is 2.95. The second kappa shape index (κ2) is 7.21. The fraction of sp³-hybridized carbons (Fsp3) is 0.211. The average Bonchev–Trinajstić information content (AvgIpc) is 3.01. The zero-order valence-corrected chi connectivity index (χ0v) is 14.6. The lowest BCUT2D eigenvalue weighted by atomic mass is 10.1. The normalized spacial score (nSPS) is 14.6. The molecule has 5 nitrogen and oxygen atoms in total. The van der Waals surface area contributed by atoms with Crippen LogP contribution >= 0.6 is 0 Å². The van der Waals surface area contributed by atoms with Crippen molar-refractivity contribution in [3.8, 4) is 0 Å². The van der Waals surface area contributed by atoms with Gasteiger partial charge in [0.15, 0.2) is 0 Å². The van der Waals surface area contributed by atoms with Crippen molar-refractivity contribution in [1.29, 1.82) is 0 Å². The first-order valence-corrected chi connectivity index (χ1v) is 9.41. The van der Waals surface area contributed by atoms with Crippen LogP contribution in [-0.4, -0.2) is 27.5 Å². The number of methoxy groups -OCH3 is 1. The van der Waals surface area contributed by atoms with Crippen molar-refractivity contribution in [2.24, 2.45) is 0 Å². The molecule has 0 bridgehead atoms. The Balaban J connectivity index is 1.75. The standard InChI is InChI=1S/C19H19NO4S/c1-24-19(21)10-9-14-5-4-8-18(11-14)25(22,23)20-17-12-15-6-2-3-7-16(15)13-17/h2-11,17,20H,12-13H2,1H3/b10-9+. The summed E-state index contributed by atoms with van der Waals surface area (Å²) in [4.78, 5) is 11.3. The Bertz CT molecular complexity index is 894. The maximum atomic E-state index is 12.7. The molecule has 1 aliphatic rings. The van der Waals surface area contributed by atoms with Gasteiger partial charge in [0.1, 0.15) is 0 Å². The van der Waals surface area contributed by atoms with E-state index in [1.165, 1.54) is 36.5 Å². The summed E-state index contributed by atoms with van der Waals surface area (Å²) in [6, 6.07) is 14.3. The van der Waals surface area contributed by atoms with Crippen LogP contribution in [0, 0.1) is 0 Å². The van der Waals surface area contributed by atoms with Crippen LogP contribution in [0.1, 0.15) is 16.7 Å². The van der Waals surface area contributed by atoms with Crippen LogP contribution in [0.5, 0.6) is 0 Å². The SMILES string of the molecule is COC(=O)/C=C/c1cccc(S(=O)(=O)NC2Cc3ccccc3C2)c1. The molecule has 0 spiro atoms. The van der Waals surface area contributed by atoms with E-state index in [2.05, 4.69) is 9.46 Å². The smallest absolute Gasteiger partial charge is 0.330 e. The first-order valence-electron chi connectivity index (χ1n) is 7.93. The molecule has 0 amide bonds. The van der Waals surface area contributed by atoms with E-state index in [1.54, 1.807) is 18.2 Å². The second-order valence-electron chi connectivity index (χ2n) is 5.92. The minimum absolute atomic E-state index is 0.142. The molecule has 0 saturated heterocycles. The molecular formula is C19H19NO4S. The Kier molecular flexibility index (Phi) is 5.01. The van der Waals surface area contributed by atoms with Gasteiger partial charge in [-0.3, -0.25) is 0 Å². The predicted molar refractivity (Wildman–Crippen MR) is 95.5 cm³/mol. The van der Waals surface area contributed by atoms with E-state index in [0.717, 1.165) is 0 Å². The van der Waals surface area contributed by atoms with Gasteiger partial charge in [-0.15, -0.1) is 0 Å². The summed E-state index contributed by atoms with van der Waals surface area (Å²) in [7, 11) is -2.34. The molecule has 0 aliphatic heterocycles. The van der Waals surface area contributed by atoms with Gasteiger partial charge >= 0.3 is 5.97 Å². The predicted octanol–water partition coefficient (Wildman–Crippen LogP) is 2.32. The van der Waals surface area contributed by atoms with Gasteiger partial charge in [-0.1, -0.05) is 36.4 Å². The number of sulfonamides is 1. The third kappa shape index (κ3) is 4.15. The number of nitrogens with one attached hydrogen (secondary N) is 1. The molecule has 0 fully saturated rings. The van der Waals surface area contributed by atoms with Crippen molar-refractivity contribution in [3.05, 3.63) is 71.3 Å². The first kappa shape index (κ1) is 17.4. The van der Waals surface area contributed by atoms with Crippen molar-refractivity contribution in [1.82, 2.24) is 4.72 Å². The molecule has 2 aromatic rings. The molecule has 2 aromatic carbocycles. The molecule has 0 atom stereocenters. The number of benzene rings is 2. The molecule has 1 aliphatic carbocycles. The lowest BCUT2D eigenvalue weighted by Crippen LogP contribution is -2.35. The van der Waals surface area contributed by atoms with Gasteiger partial charge in [-0.2, -0.15) is 0 Å². The lowest BCUT2D eigenvalue weighted by molar-refractivity contribution is -0.134. The average molecular weight is 357 g/mol. The van der Waals surface area contributed by atoms with E-state index in [9.17, 15) is 13.2 Å². The van der Waals surface area contributed by atoms with Crippen molar-refractivity contribution in [2.45, 2.75) is 23.8 Å². The van der Waals surface area contributed by atoms with Crippen LogP contribution < -0.4 is 4.72 Å². The minimum Gasteiger partial charge on any atom is -0.466 e. The molecule has 25 heavy (non-hydrogen) atoms. The largest absolute Gasteiger partial charge is 0.466 e. The quantitative estimate of drug-likeness (QED) is 0.658. The zero-order chi connectivity index (χ0) is 17.9. The van der Waals surface area contributed by atoms with Gasteiger partial charge in [0, 0.05) is 12.1 Å². The number of ether oxygens (including phenoxy) is 1. The highest BCUT2D eigenvalue weighted by atomic mass is 32.2. The summed E-state index contributed by atoms with van der Waals surface area (Å²) >= 11 is 0. The third-order valence-electron chi connectivity index (χ3n) is 4.15. The number of fused-ring (bicyclic) bond motifs is 1. The highest BCUT2D eigenvalue weighted by molar-refractivity contribution is 7.89. The topological polar surface area (TPSA) is 72.5 Å². The lowest BCUT2D eigenvalue weighted by Gasteiger charge is -2.13. The van der Waals surface area contributed by atoms with Gasteiger partial charge in [0.05, 0.1) is 12.0 Å². The molecule has 0 heterocycles. The van der Waals surface area contributed by atoms with Crippen LogP contribution in [0.4, 0.5) is 0 Å². The highest BCUT2D eigenvalue weighted by Crippen LogP contribution is 2.23. The van der Waals surface area contributed by atoms with E-state index < -0.39 is 16.0 Å². The van der Waals surface area contributed by atoms with E-state index in [-0.39, 0.29) is 10.9 Å². The molecule has 6 heteroatoms. The Labute approximate surface area is 147 Å². The molecule has 0 unspecified atom stereocenters. The minimum atomic E-state index is -3.63. The van der Waals surface area contributed by atoms with Gasteiger partial charge < -0.3 is 4.74 Å². The maximum Gasteiger partial charge on any atom is 0.330 e. The number of esters is 1. The Morgan fingerprint density at radius 3 is 2.44 bits per heavy atom. The van der Waals surface area contributed by atoms with Crippen molar-refractivity contribution < 1.29 is 17.9 Å². The van der Waals surface area contributed by atoms with Gasteiger partial charge in [0.25, 0.3) is 0 Å². The van der Waals surface area contributed by atoms with Crippen molar-refractivity contribution in [3.63, 3.8) is 0 Å². The second-order valence-corrected chi connectivity index (χ2v) is 7.64. The van der Waals surface area contributed by atoms with E-state index in [4.69, 9.17) is 0 Å². The summed E-state index contributed by atoms with van der Waals surface area (Å²) in [6.45, 7) is 0. The molecular weight excluding hydrogens is 338 g/mol. The zero-order valence-electron chi connectivity index (χ0n) is 13.8. The number of hydrogen-bond donors (Lipinski definition) is 1. The van der Waals surface area contributed by atoms with Crippen LogP contribution in [0.3, 0.4) is 0 Å². The van der Waals surface area contributed by atoms with Crippen LogP contribution in [0.15, 0.2) is 59.5 Å². The number of carbonyl (C=O) groups excluding carboxylic acids is 1. The maximum absolute atomic E-state index is 12.7. The summed E-state index contributed by atoms with van der Waals surface area (Å²) in [5, 5.41) is 0. The van der Waals surface area contributed by atoms with E-state index in [1.807, 2.05) is 24.3 Å². The molecule has 130 valence electrons. The summed E-state index contributed by atoms with van der Waals surface area (Å²) in [5.74, 6) is -0.491. The van der Waals surface area contributed by atoms with Crippen LogP contribution in [0.2, 0.25) is 0 Å². The number of hydrogen-bond acceptors (Lipinski definition) is 4. The summed E-state index contributed by atoms with van der Waals surface area (Å²) in [5.41, 5.74) is 2.98. The van der Waals surface area contributed by atoms with E-state index >= 15 is 0 Å². The van der Waals surface area contributed by atoms with Crippen molar-refractivity contribution in [2.75, 3.05) is 7.11 Å². The molecule has 0 radical (unpaired) electrons. The molecule has 0 saturated carbocycles. The van der Waals surface area contributed by atoms with Gasteiger partial charge in [-0.05, 0) is 47.7 Å². The fourth-order valence-corrected chi connectivity index (χ4v) is 4.24. The molecule has 1 N–H and O–H groups in total. The Morgan fingerprint density at radius 2 is 1.80 bits per heavy atom. The van der Waals surface area contributed by atoms with Crippen molar-refractivity contribution >= 4 is 22.1 Å². The first-order chi connectivity index (χ1) is 12.0. The number of rotatable bonds is 5.